The molecule has 1 aromatic carbocycles. The van der Waals surface area contributed by atoms with Crippen LogP contribution in [0.4, 0.5) is 0 Å². The van der Waals surface area contributed by atoms with Crippen molar-refractivity contribution in [3.8, 4) is 0 Å². The third-order valence-corrected chi connectivity index (χ3v) is 1.60. The molecule has 0 bridgehead atoms. The average molecular weight is 198 g/mol. The maximum atomic E-state index is 11.0. The van der Waals surface area contributed by atoms with E-state index in [-0.39, 0.29) is 24.3 Å². The highest BCUT2D eigenvalue weighted by Crippen LogP contribution is 2.12. The van der Waals surface area contributed by atoms with Gasteiger partial charge < -0.3 is 9.47 Å². The molecule has 0 amide bonds. The number of hydrogen-bond acceptors (Lipinski definition) is 5. The van der Waals surface area contributed by atoms with Gasteiger partial charge in [0.2, 0.25) is 5.43 Å². The average Bonchev–Trinajstić information content (AvgIpc) is 2.78. The molecule has 0 aliphatic rings. The lowest BCUT2D eigenvalue weighted by atomic mass is 10.4. The van der Waals surface area contributed by atoms with Crippen LogP contribution >= 0.6 is 0 Å². The highest BCUT2D eigenvalue weighted by Gasteiger charge is 2.36. The molecule has 0 aliphatic heterocycles. The summed E-state index contributed by atoms with van der Waals surface area (Å²) in [6.07, 6.45) is 0. The topological polar surface area (TPSA) is 69.7 Å². The standard InChI is InChI=1S/C9H10O5/c1-3-13-8(11)5-6(7(5)10)9(12)14-4-2/h3-4H2,1-2H3. The first-order chi connectivity index (χ1) is 6.63. The lowest BCUT2D eigenvalue weighted by Gasteiger charge is -1.95. The van der Waals surface area contributed by atoms with Crippen molar-refractivity contribution in [2.24, 2.45) is 0 Å². The lowest BCUT2D eigenvalue weighted by Crippen LogP contribution is -2.04. The van der Waals surface area contributed by atoms with Crippen molar-refractivity contribution in [2.45, 2.75) is 13.8 Å². The van der Waals surface area contributed by atoms with Crippen molar-refractivity contribution >= 4 is 11.9 Å². The summed E-state index contributed by atoms with van der Waals surface area (Å²) in [6.45, 7) is 3.59. The van der Waals surface area contributed by atoms with E-state index in [1.165, 1.54) is 0 Å². The SMILES string of the molecule is CCOC(=O)c1c(C(=O)OCC)c1=O. The summed E-state index contributed by atoms with van der Waals surface area (Å²) in [4.78, 5) is 33.0. The van der Waals surface area contributed by atoms with E-state index < -0.39 is 17.4 Å². The van der Waals surface area contributed by atoms with Gasteiger partial charge in [0.1, 0.15) is 11.1 Å². The van der Waals surface area contributed by atoms with E-state index in [4.69, 9.17) is 0 Å². The van der Waals surface area contributed by atoms with E-state index in [0.717, 1.165) is 0 Å². The minimum Gasteiger partial charge on any atom is -0.462 e. The number of esters is 2. The van der Waals surface area contributed by atoms with Crippen LogP contribution in [0.1, 0.15) is 34.6 Å². The molecular formula is C9H10O5. The fourth-order valence-electron chi connectivity index (χ4n) is 0.966. The molecule has 0 aromatic heterocycles. The predicted octanol–water partition coefficient (Wildman–Crippen LogP) is 0.276. The molecule has 0 heterocycles. The summed E-state index contributed by atoms with van der Waals surface area (Å²) < 4.78 is 9.14. The normalized spacial score (nSPS) is 10.1. The van der Waals surface area contributed by atoms with Gasteiger partial charge in [-0.25, -0.2) is 9.59 Å². The first kappa shape index (κ1) is 10.4. The molecule has 1 rings (SSSR count). The second kappa shape index (κ2) is 4.04. The van der Waals surface area contributed by atoms with E-state index in [0.29, 0.717) is 0 Å². The Labute approximate surface area is 80.3 Å². The van der Waals surface area contributed by atoms with Crippen LogP contribution in [0.5, 0.6) is 0 Å². The molecule has 0 atom stereocenters. The van der Waals surface area contributed by atoms with Crippen molar-refractivity contribution < 1.29 is 19.1 Å². The molecule has 0 fully saturated rings. The maximum Gasteiger partial charge on any atom is 0.343 e. The van der Waals surface area contributed by atoms with Gasteiger partial charge >= 0.3 is 11.9 Å². The van der Waals surface area contributed by atoms with Crippen LogP contribution in [0.3, 0.4) is 0 Å². The largest absolute Gasteiger partial charge is 0.462 e. The van der Waals surface area contributed by atoms with Gasteiger partial charge in [0.15, 0.2) is 0 Å². The van der Waals surface area contributed by atoms with Gasteiger partial charge in [-0.1, -0.05) is 0 Å². The van der Waals surface area contributed by atoms with Crippen LogP contribution in [-0.2, 0) is 9.47 Å². The van der Waals surface area contributed by atoms with Crippen LogP contribution in [0, 0.1) is 0 Å². The van der Waals surface area contributed by atoms with Gasteiger partial charge in [-0.3, -0.25) is 4.79 Å². The summed E-state index contributed by atoms with van der Waals surface area (Å²) in [5.41, 5.74) is -0.919. The highest BCUT2D eigenvalue weighted by molar-refractivity contribution is 6.09. The van der Waals surface area contributed by atoms with Crippen molar-refractivity contribution in [2.75, 3.05) is 13.2 Å². The summed E-state index contributed by atoms with van der Waals surface area (Å²) in [6, 6.07) is 0. The Morgan fingerprint density at radius 3 is 1.64 bits per heavy atom. The number of carbonyl (C=O) groups is 2. The third kappa shape index (κ3) is 1.81. The highest BCUT2D eigenvalue weighted by atomic mass is 16.5. The fourth-order valence-corrected chi connectivity index (χ4v) is 0.966. The zero-order chi connectivity index (χ0) is 10.7. The number of hydrogen-bond donors (Lipinski definition) is 0. The van der Waals surface area contributed by atoms with E-state index in [1.54, 1.807) is 13.8 Å². The van der Waals surface area contributed by atoms with E-state index in [9.17, 15) is 14.4 Å². The summed E-state index contributed by atoms with van der Waals surface area (Å²) >= 11 is 0. The number of ether oxygens (including phenoxy) is 2. The first-order valence-electron chi connectivity index (χ1n) is 4.26. The van der Waals surface area contributed by atoms with Crippen LogP contribution in [0.15, 0.2) is 4.79 Å². The van der Waals surface area contributed by atoms with Gasteiger partial charge in [0, 0.05) is 0 Å². The molecule has 0 saturated carbocycles. The Morgan fingerprint density at radius 1 is 1.00 bits per heavy atom. The van der Waals surface area contributed by atoms with E-state index in [1.807, 2.05) is 0 Å². The molecular weight excluding hydrogens is 188 g/mol. The van der Waals surface area contributed by atoms with Crippen molar-refractivity contribution in [3.05, 3.63) is 21.4 Å². The monoisotopic (exact) mass is 198 g/mol. The molecule has 14 heavy (non-hydrogen) atoms. The molecule has 0 unspecified atom stereocenters. The summed E-state index contributed by atoms with van der Waals surface area (Å²) in [7, 11) is 0. The van der Waals surface area contributed by atoms with E-state index >= 15 is 0 Å². The molecule has 76 valence electrons. The molecule has 5 nitrogen and oxygen atoms in total. The van der Waals surface area contributed by atoms with Gasteiger partial charge in [-0.15, -0.1) is 0 Å². The molecule has 5 heteroatoms. The quantitative estimate of drug-likeness (QED) is 0.650. The van der Waals surface area contributed by atoms with Crippen LogP contribution in [-0.4, -0.2) is 25.2 Å². The van der Waals surface area contributed by atoms with Gasteiger partial charge in [0.05, 0.1) is 13.2 Å². The van der Waals surface area contributed by atoms with Gasteiger partial charge in [-0.2, -0.15) is 0 Å². The molecule has 0 radical (unpaired) electrons. The molecule has 0 N–H and O–H groups in total. The predicted molar refractivity (Wildman–Crippen MR) is 47.0 cm³/mol. The smallest absolute Gasteiger partial charge is 0.343 e. The Morgan fingerprint density at radius 2 is 1.36 bits per heavy atom. The zero-order valence-corrected chi connectivity index (χ0v) is 7.96. The molecule has 1 aromatic rings. The second-order valence-corrected chi connectivity index (χ2v) is 2.52. The van der Waals surface area contributed by atoms with E-state index in [2.05, 4.69) is 9.47 Å². The Hall–Kier alpha value is -1.65. The summed E-state index contributed by atoms with van der Waals surface area (Å²) in [5.74, 6) is -1.50. The van der Waals surface area contributed by atoms with Crippen molar-refractivity contribution in [1.82, 2.24) is 0 Å². The summed E-state index contributed by atoms with van der Waals surface area (Å²) in [5, 5.41) is 0. The minimum atomic E-state index is -0.749. The number of rotatable bonds is 4. The molecule has 0 aliphatic carbocycles. The Balaban J connectivity index is 2.70. The zero-order valence-electron chi connectivity index (χ0n) is 7.96. The van der Waals surface area contributed by atoms with Gasteiger partial charge in [0.25, 0.3) is 0 Å². The number of carbonyl (C=O) groups excluding carboxylic acids is 2. The van der Waals surface area contributed by atoms with Crippen LogP contribution in [0.25, 0.3) is 0 Å². The van der Waals surface area contributed by atoms with Crippen LogP contribution in [0.2, 0.25) is 0 Å². The maximum absolute atomic E-state index is 11.0. The van der Waals surface area contributed by atoms with Crippen molar-refractivity contribution in [3.63, 3.8) is 0 Å². The Kier molecular flexibility index (Phi) is 3.01. The van der Waals surface area contributed by atoms with Gasteiger partial charge in [-0.05, 0) is 13.8 Å². The Bertz CT molecular complexity index is 336. The fraction of sp³-hybridized carbons (Fsp3) is 0.444. The lowest BCUT2D eigenvalue weighted by molar-refractivity contribution is 0.0495. The third-order valence-electron chi connectivity index (χ3n) is 1.60. The molecule has 0 spiro atoms. The second-order valence-electron chi connectivity index (χ2n) is 2.52. The minimum absolute atomic E-state index is 0.172. The molecule has 0 saturated heterocycles. The first-order valence-corrected chi connectivity index (χ1v) is 4.26. The van der Waals surface area contributed by atoms with Crippen LogP contribution < -0.4 is 5.43 Å². The van der Waals surface area contributed by atoms with Crippen molar-refractivity contribution in [1.29, 1.82) is 0 Å².